The highest BCUT2D eigenvalue weighted by molar-refractivity contribution is 7.88. The fourth-order valence-electron chi connectivity index (χ4n) is 2.40. The van der Waals surface area contributed by atoms with E-state index in [1.54, 1.807) is 0 Å². The molecule has 7 heteroatoms. The van der Waals surface area contributed by atoms with Crippen molar-refractivity contribution >= 4 is 21.6 Å². The minimum Gasteiger partial charge on any atom is -0.330 e. The Morgan fingerprint density at radius 2 is 2.20 bits per heavy atom. The number of halogens is 2. The molecule has 1 aliphatic heterocycles. The number of nitrogens with two attached hydrogens (primary N) is 1. The van der Waals surface area contributed by atoms with E-state index in [0.29, 0.717) is 19.6 Å². The van der Waals surface area contributed by atoms with Crippen LogP contribution in [0.4, 0.5) is 4.39 Å². The molecule has 1 saturated heterocycles. The monoisotopic (exact) mass is 320 g/mol. The summed E-state index contributed by atoms with van der Waals surface area (Å²) < 4.78 is 39.8. The Morgan fingerprint density at radius 3 is 2.85 bits per heavy atom. The van der Waals surface area contributed by atoms with E-state index < -0.39 is 15.8 Å². The summed E-state index contributed by atoms with van der Waals surface area (Å²) in [5.74, 6) is -0.741. The number of nitrogens with zero attached hydrogens (tertiary/aromatic N) is 1. The van der Waals surface area contributed by atoms with E-state index in [2.05, 4.69) is 0 Å². The second-order valence-corrected chi connectivity index (χ2v) is 7.50. The van der Waals surface area contributed by atoms with Crippen LogP contribution < -0.4 is 5.73 Å². The molecule has 4 nitrogen and oxygen atoms in total. The highest BCUT2D eigenvalue weighted by Gasteiger charge is 2.29. The predicted octanol–water partition coefficient (Wildman–Crippen LogP) is 1.98. The largest absolute Gasteiger partial charge is 0.330 e. The third-order valence-electron chi connectivity index (χ3n) is 3.56. The summed E-state index contributed by atoms with van der Waals surface area (Å²) >= 11 is 5.66. The van der Waals surface area contributed by atoms with E-state index in [1.807, 2.05) is 0 Å². The van der Waals surface area contributed by atoms with Gasteiger partial charge >= 0.3 is 0 Å². The van der Waals surface area contributed by atoms with E-state index >= 15 is 0 Å². The van der Waals surface area contributed by atoms with Crippen LogP contribution in [0.25, 0.3) is 0 Å². The first-order valence-corrected chi connectivity index (χ1v) is 8.53. The molecule has 2 rings (SSSR count). The van der Waals surface area contributed by atoms with Crippen molar-refractivity contribution in [3.8, 4) is 0 Å². The first-order valence-electron chi connectivity index (χ1n) is 6.54. The van der Waals surface area contributed by atoms with Crippen LogP contribution in [-0.4, -0.2) is 32.4 Å². The first-order chi connectivity index (χ1) is 9.42. The summed E-state index contributed by atoms with van der Waals surface area (Å²) in [6.45, 7) is 1.38. The molecule has 20 heavy (non-hydrogen) atoms. The van der Waals surface area contributed by atoms with E-state index in [9.17, 15) is 12.8 Å². The Hall–Kier alpha value is -0.690. The number of sulfonamides is 1. The maximum Gasteiger partial charge on any atom is 0.218 e. The van der Waals surface area contributed by atoms with E-state index in [0.717, 1.165) is 18.9 Å². The summed E-state index contributed by atoms with van der Waals surface area (Å²) in [7, 11) is -3.52. The van der Waals surface area contributed by atoms with Gasteiger partial charge in [0.05, 0.1) is 5.75 Å². The van der Waals surface area contributed by atoms with Crippen LogP contribution in [0.15, 0.2) is 18.2 Å². The zero-order valence-electron chi connectivity index (χ0n) is 11.1. The molecule has 0 aromatic heterocycles. The predicted molar refractivity (Wildman–Crippen MR) is 77.4 cm³/mol. The molecule has 1 fully saturated rings. The summed E-state index contributed by atoms with van der Waals surface area (Å²) in [4.78, 5) is 0. The fourth-order valence-corrected chi connectivity index (χ4v) is 4.21. The Labute approximate surface area is 123 Å². The van der Waals surface area contributed by atoms with Crippen LogP contribution in [0.3, 0.4) is 0 Å². The molecule has 1 aliphatic rings. The summed E-state index contributed by atoms with van der Waals surface area (Å²) in [6.07, 6.45) is 1.74. The van der Waals surface area contributed by atoms with Crippen molar-refractivity contribution in [3.63, 3.8) is 0 Å². The number of hydrogen-bond acceptors (Lipinski definition) is 3. The van der Waals surface area contributed by atoms with Crippen LogP contribution in [0.2, 0.25) is 5.02 Å². The second kappa shape index (κ2) is 6.39. The molecule has 0 radical (unpaired) electrons. The maximum atomic E-state index is 13.7. The summed E-state index contributed by atoms with van der Waals surface area (Å²) in [6, 6.07) is 4.04. The number of rotatable bonds is 4. The maximum absolute atomic E-state index is 13.7. The van der Waals surface area contributed by atoms with Crippen molar-refractivity contribution in [2.24, 2.45) is 11.7 Å². The fraction of sp³-hybridized carbons (Fsp3) is 0.538. The Bertz CT molecular complexity index is 580. The van der Waals surface area contributed by atoms with E-state index in [1.165, 1.54) is 16.4 Å². The van der Waals surface area contributed by atoms with Gasteiger partial charge in [-0.25, -0.2) is 17.1 Å². The average molecular weight is 321 g/mol. The quantitative estimate of drug-likeness (QED) is 0.922. The summed E-state index contributed by atoms with van der Waals surface area (Å²) in [5.41, 5.74) is 5.75. The van der Waals surface area contributed by atoms with Crippen molar-refractivity contribution in [1.82, 2.24) is 4.31 Å². The number of piperidine rings is 1. The lowest BCUT2D eigenvalue weighted by molar-refractivity contribution is 0.271. The zero-order valence-corrected chi connectivity index (χ0v) is 12.6. The van der Waals surface area contributed by atoms with Gasteiger partial charge in [0.1, 0.15) is 5.82 Å². The van der Waals surface area contributed by atoms with Crippen molar-refractivity contribution < 1.29 is 12.8 Å². The van der Waals surface area contributed by atoms with Crippen LogP contribution >= 0.6 is 11.6 Å². The molecule has 1 aromatic rings. The van der Waals surface area contributed by atoms with Gasteiger partial charge < -0.3 is 5.73 Å². The van der Waals surface area contributed by atoms with E-state index in [4.69, 9.17) is 17.3 Å². The van der Waals surface area contributed by atoms with Crippen molar-refractivity contribution in [2.75, 3.05) is 19.6 Å². The number of hydrogen-bond donors (Lipinski definition) is 1. The standard InChI is InChI=1S/C13H18ClFN2O2S/c14-12-4-3-11(13(15)6-12)9-20(18,19)17-5-1-2-10(7-16)8-17/h3-4,6,10H,1-2,5,7-9,16H2. The van der Waals surface area contributed by atoms with Gasteiger partial charge in [0.2, 0.25) is 10.0 Å². The van der Waals surface area contributed by atoms with Gasteiger partial charge in [0.25, 0.3) is 0 Å². The first kappa shape index (κ1) is 15.7. The third-order valence-corrected chi connectivity index (χ3v) is 5.59. The minimum atomic E-state index is -3.52. The Balaban J connectivity index is 2.14. The molecule has 1 unspecified atom stereocenters. The molecular formula is C13H18ClFN2O2S. The second-order valence-electron chi connectivity index (χ2n) is 5.09. The zero-order chi connectivity index (χ0) is 14.8. The number of benzene rings is 1. The Kier molecular flexibility index (Phi) is 5.01. The highest BCUT2D eigenvalue weighted by Crippen LogP contribution is 2.22. The lowest BCUT2D eigenvalue weighted by atomic mass is 10.0. The molecule has 112 valence electrons. The van der Waals surface area contributed by atoms with Crippen LogP contribution in [0.1, 0.15) is 18.4 Å². The molecule has 0 amide bonds. The lowest BCUT2D eigenvalue weighted by Crippen LogP contribution is -2.42. The molecule has 1 aromatic carbocycles. The molecule has 0 saturated carbocycles. The van der Waals surface area contributed by atoms with Crippen molar-refractivity contribution in [2.45, 2.75) is 18.6 Å². The van der Waals surface area contributed by atoms with Crippen LogP contribution in [0, 0.1) is 11.7 Å². The summed E-state index contributed by atoms with van der Waals surface area (Å²) in [5, 5.41) is 0.254. The molecule has 0 aliphatic carbocycles. The molecule has 1 heterocycles. The van der Waals surface area contributed by atoms with Gasteiger partial charge in [-0.05, 0) is 37.4 Å². The van der Waals surface area contributed by atoms with Crippen molar-refractivity contribution in [1.29, 1.82) is 0 Å². The topological polar surface area (TPSA) is 63.4 Å². The molecular weight excluding hydrogens is 303 g/mol. The van der Waals surface area contributed by atoms with Gasteiger partial charge in [0, 0.05) is 23.7 Å². The SMILES string of the molecule is NCC1CCCN(S(=O)(=O)Cc2ccc(Cl)cc2F)C1. The van der Waals surface area contributed by atoms with Gasteiger partial charge in [-0.1, -0.05) is 17.7 Å². The van der Waals surface area contributed by atoms with E-state index in [-0.39, 0.29) is 22.3 Å². The molecule has 0 spiro atoms. The normalized spacial score (nSPS) is 21.1. The van der Waals surface area contributed by atoms with Gasteiger partial charge in [-0.2, -0.15) is 0 Å². The molecule has 0 bridgehead atoms. The molecule has 2 N–H and O–H groups in total. The molecule has 1 atom stereocenters. The van der Waals surface area contributed by atoms with Gasteiger partial charge in [-0.3, -0.25) is 0 Å². The Morgan fingerprint density at radius 1 is 1.45 bits per heavy atom. The smallest absolute Gasteiger partial charge is 0.218 e. The van der Waals surface area contributed by atoms with Gasteiger partial charge in [-0.15, -0.1) is 0 Å². The van der Waals surface area contributed by atoms with Crippen molar-refractivity contribution in [3.05, 3.63) is 34.6 Å². The third kappa shape index (κ3) is 3.69. The lowest BCUT2D eigenvalue weighted by Gasteiger charge is -2.31. The van der Waals surface area contributed by atoms with Crippen LogP contribution in [0.5, 0.6) is 0 Å². The average Bonchev–Trinajstić information content (AvgIpc) is 2.42. The van der Waals surface area contributed by atoms with Crippen LogP contribution in [-0.2, 0) is 15.8 Å². The minimum absolute atomic E-state index is 0.143. The highest BCUT2D eigenvalue weighted by atomic mass is 35.5. The van der Waals surface area contributed by atoms with Gasteiger partial charge in [0.15, 0.2) is 0 Å².